The van der Waals surface area contributed by atoms with Gasteiger partial charge in [0, 0.05) is 48.5 Å². The Morgan fingerprint density at radius 1 is 0.391 bits per heavy atom. The number of fused-ring (bicyclic) bond motifs is 6. The first kappa shape index (κ1) is 37.8. The Morgan fingerprint density at radius 3 is 1.52 bits per heavy atom. The Hall–Kier alpha value is -7.92. The Morgan fingerprint density at radius 2 is 0.891 bits per heavy atom. The maximum absolute atomic E-state index is 3.91. The highest BCUT2D eigenvalue weighted by Crippen LogP contribution is 2.48. The monoisotopic (exact) mass is 832 g/mol. The number of anilines is 5. The van der Waals surface area contributed by atoms with Gasteiger partial charge in [0.1, 0.15) is 0 Å². The molecule has 0 saturated heterocycles. The van der Waals surface area contributed by atoms with Crippen LogP contribution in [0.2, 0.25) is 0 Å². The third-order valence-corrected chi connectivity index (χ3v) is 13.8. The van der Waals surface area contributed by atoms with Crippen molar-refractivity contribution in [2.75, 3.05) is 10.2 Å². The fourth-order valence-electron chi connectivity index (χ4n) is 9.56. The van der Waals surface area contributed by atoms with Gasteiger partial charge >= 0.3 is 0 Å². The summed E-state index contributed by atoms with van der Waals surface area (Å²) in [6, 6.07) is 86.2. The minimum atomic E-state index is 0.778. The number of nitrogens with zero attached hydrogens (tertiary/aromatic N) is 1. The summed E-state index contributed by atoms with van der Waals surface area (Å²) >= 11 is 1.88. The molecule has 1 N–H and O–H groups in total. The molecule has 1 aromatic heterocycles. The van der Waals surface area contributed by atoms with E-state index in [0.717, 1.165) is 24.3 Å². The van der Waals surface area contributed by atoms with Crippen LogP contribution in [-0.2, 0) is 0 Å². The first-order chi connectivity index (χ1) is 31.7. The topological polar surface area (TPSA) is 15.3 Å². The summed E-state index contributed by atoms with van der Waals surface area (Å²) in [5, 5.41) is 6.50. The van der Waals surface area contributed by atoms with Crippen LogP contribution in [0.15, 0.2) is 237 Å². The fraction of sp³-hybridized carbons (Fsp3) is 0. The molecular formula is C60H41BN2S. The molecule has 11 aromatic rings. The van der Waals surface area contributed by atoms with E-state index in [0.29, 0.717) is 0 Å². The molecule has 0 radical (unpaired) electrons. The van der Waals surface area contributed by atoms with Crippen LogP contribution in [0.4, 0.5) is 28.4 Å². The zero-order chi connectivity index (χ0) is 42.4. The first-order valence-electron chi connectivity index (χ1n) is 22.0. The summed E-state index contributed by atoms with van der Waals surface area (Å²) in [7, 11) is 0.778. The normalized spacial score (nSPS) is 11.8. The van der Waals surface area contributed by atoms with Crippen LogP contribution in [0.1, 0.15) is 0 Å². The summed E-state index contributed by atoms with van der Waals surface area (Å²) in [4.78, 5) is 2.55. The highest BCUT2D eigenvalue weighted by Gasteiger charge is 2.32. The molecular weight excluding hydrogens is 792 g/mol. The van der Waals surface area contributed by atoms with Crippen LogP contribution in [0.25, 0.3) is 75.8 Å². The van der Waals surface area contributed by atoms with Crippen molar-refractivity contribution in [2.24, 2.45) is 0 Å². The molecule has 0 bridgehead atoms. The van der Waals surface area contributed by atoms with E-state index >= 15 is 0 Å². The molecule has 64 heavy (non-hydrogen) atoms. The number of thiophene rings is 1. The molecule has 300 valence electrons. The molecule has 2 nitrogen and oxygen atoms in total. The molecule has 0 spiro atoms. The van der Waals surface area contributed by atoms with Crippen molar-refractivity contribution >= 4 is 78.2 Å². The number of benzene rings is 10. The lowest BCUT2D eigenvalue weighted by Crippen LogP contribution is -2.41. The van der Waals surface area contributed by atoms with E-state index in [2.05, 4.69) is 247 Å². The molecule has 0 unspecified atom stereocenters. The van der Waals surface area contributed by atoms with Crippen molar-refractivity contribution < 1.29 is 0 Å². The van der Waals surface area contributed by atoms with E-state index in [1.807, 2.05) is 11.3 Å². The Balaban J connectivity index is 1.10. The van der Waals surface area contributed by atoms with Gasteiger partial charge in [-0.15, -0.1) is 11.3 Å². The van der Waals surface area contributed by atoms with Gasteiger partial charge in [0.25, 0.3) is 0 Å². The Labute approximate surface area is 378 Å². The lowest BCUT2D eigenvalue weighted by molar-refractivity contribution is 1.31. The molecule has 10 aromatic carbocycles. The standard InChI is InChI=1S/C60H41BN2S/c1-5-15-40(16-6-1)44-25-31-48(32-26-44)62-54-35-29-46(42-19-9-3-10-20-42)37-51(54)52-39-57-58(50-23-13-14-24-56(50)64-57)60-59(52)61-53-38-47(43-21-11-4-12-22-43)30-36-55(53)63(60)49-33-27-45(28-34-49)41-17-7-2-8-18-41/h1-39,61-62H. The van der Waals surface area contributed by atoms with Crippen molar-refractivity contribution in [3.63, 3.8) is 0 Å². The second kappa shape index (κ2) is 16.1. The summed E-state index contributed by atoms with van der Waals surface area (Å²) in [6.07, 6.45) is 0. The molecule has 0 fully saturated rings. The fourth-order valence-corrected chi connectivity index (χ4v) is 10.7. The first-order valence-corrected chi connectivity index (χ1v) is 22.8. The minimum absolute atomic E-state index is 0.778. The number of hydrogen-bond acceptors (Lipinski definition) is 3. The van der Waals surface area contributed by atoms with Crippen LogP contribution in [0, 0.1) is 0 Å². The summed E-state index contributed by atoms with van der Waals surface area (Å²) in [5.74, 6) is 0. The summed E-state index contributed by atoms with van der Waals surface area (Å²) in [5.41, 5.74) is 20.4. The average molecular weight is 833 g/mol. The van der Waals surface area contributed by atoms with Gasteiger partial charge in [-0.3, -0.25) is 0 Å². The number of hydrogen-bond donors (Lipinski definition) is 1. The average Bonchev–Trinajstić information content (AvgIpc) is 3.75. The van der Waals surface area contributed by atoms with Crippen molar-refractivity contribution in [1.82, 2.24) is 0 Å². The molecule has 1 aliphatic heterocycles. The third kappa shape index (κ3) is 6.86. The Bertz CT molecular complexity index is 3460. The van der Waals surface area contributed by atoms with Crippen LogP contribution in [0.5, 0.6) is 0 Å². The molecule has 0 aliphatic carbocycles. The van der Waals surface area contributed by atoms with E-state index < -0.39 is 0 Å². The van der Waals surface area contributed by atoms with Gasteiger partial charge < -0.3 is 10.2 Å². The SMILES string of the molecule is B1c2cc(-c3ccccc3)ccc2N(c2ccc(-c3ccccc3)cc2)c2c1c(-c1cc(-c3ccccc3)ccc1Nc1ccc(-c3ccccc3)cc1)cc1sc3ccccc3c21. The van der Waals surface area contributed by atoms with Gasteiger partial charge in [0.05, 0.1) is 5.69 Å². The molecule has 0 saturated carbocycles. The predicted molar refractivity (Wildman–Crippen MR) is 277 cm³/mol. The molecule has 2 heterocycles. The lowest BCUT2D eigenvalue weighted by atomic mass is 9.57. The predicted octanol–water partition coefficient (Wildman–Crippen LogP) is 15.3. The van der Waals surface area contributed by atoms with Crippen molar-refractivity contribution in [3.8, 4) is 55.6 Å². The van der Waals surface area contributed by atoms with Crippen LogP contribution < -0.4 is 21.1 Å². The number of rotatable bonds is 8. The lowest BCUT2D eigenvalue weighted by Gasteiger charge is -2.36. The maximum atomic E-state index is 3.91. The highest BCUT2D eigenvalue weighted by molar-refractivity contribution is 7.26. The minimum Gasteiger partial charge on any atom is -0.355 e. The van der Waals surface area contributed by atoms with Gasteiger partial charge in [-0.2, -0.15) is 0 Å². The highest BCUT2D eigenvalue weighted by atomic mass is 32.1. The Kier molecular flexibility index (Phi) is 9.50. The van der Waals surface area contributed by atoms with Crippen LogP contribution in [0.3, 0.4) is 0 Å². The van der Waals surface area contributed by atoms with Crippen LogP contribution >= 0.6 is 11.3 Å². The summed E-state index contributed by atoms with van der Waals surface area (Å²) in [6.45, 7) is 0. The molecule has 1 aliphatic rings. The van der Waals surface area contributed by atoms with Crippen molar-refractivity contribution in [2.45, 2.75) is 0 Å². The van der Waals surface area contributed by atoms with E-state index in [-0.39, 0.29) is 0 Å². The van der Waals surface area contributed by atoms with Crippen molar-refractivity contribution in [1.29, 1.82) is 0 Å². The van der Waals surface area contributed by atoms with Crippen LogP contribution in [-0.4, -0.2) is 7.28 Å². The molecule has 4 heteroatoms. The largest absolute Gasteiger partial charge is 0.355 e. The van der Waals surface area contributed by atoms with Gasteiger partial charge in [-0.1, -0.05) is 187 Å². The second-order valence-corrected chi connectivity index (χ2v) is 17.6. The smallest absolute Gasteiger partial charge is 0.198 e. The van der Waals surface area contributed by atoms with E-state index in [9.17, 15) is 0 Å². The van der Waals surface area contributed by atoms with Crippen molar-refractivity contribution in [3.05, 3.63) is 237 Å². The molecule has 12 rings (SSSR count). The van der Waals surface area contributed by atoms with E-state index in [1.54, 1.807) is 0 Å². The zero-order valence-corrected chi connectivity index (χ0v) is 35.9. The van der Waals surface area contributed by atoms with E-state index in [1.165, 1.54) is 98.1 Å². The van der Waals surface area contributed by atoms with Gasteiger partial charge in [0.2, 0.25) is 0 Å². The number of nitrogens with one attached hydrogen (secondary N) is 1. The van der Waals surface area contributed by atoms with Gasteiger partial charge in [-0.25, -0.2) is 0 Å². The quantitative estimate of drug-likeness (QED) is 0.153. The molecule has 0 amide bonds. The third-order valence-electron chi connectivity index (χ3n) is 12.7. The zero-order valence-electron chi connectivity index (χ0n) is 35.1. The molecule has 0 atom stereocenters. The van der Waals surface area contributed by atoms with Gasteiger partial charge in [-0.05, 0) is 110 Å². The maximum Gasteiger partial charge on any atom is 0.198 e. The second-order valence-electron chi connectivity index (χ2n) is 16.6. The van der Waals surface area contributed by atoms with E-state index in [4.69, 9.17) is 0 Å². The van der Waals surface area contributed by atoms with Gasteiger partial charge in [0.15, 0.2) is 7.28 Å². The summed E-state index contributed by atoms with van der Waals surface area (Å²) < 4.78 is 2.56.